The van der Waals surface area contributed by atoms with Gasteiger partial charge in [0.1, 0.15) is 10.8 Å². The van der Waals surface area contributed by atoms with Crippen LogP contribution in [0.2, 0.25) is 0 Å². The molecule has 28 heavy (non-hydrogen) atoms. The van der Waals surface area contributed by atoms with Crippen LogP contribution in [0.15, 0.2) is 29.8 Å². The second-order valence-electron chi connectivity index (χ2n) is 5.51. The minimum absolute atomic E-state index is 0.180. The number of thiazole rings is 1. The smallest absolute Gasteiger partial charge is 0.290 e. The van der Waals surface area contributed by atoms with E-state index in [2.05, 4.69) is 20.6 Å². The van der Waals surface area contributed by atoms with E-state index in [0.717, 1.165) is 5.69 Å². The number of aliphatic hydroxyl groups is 1. The van der Waals surface area contributed by atoms with Gasteiger partial charge in [0.15, 0.2) is 0 Å². The number of rotatable bonds is 6. The SMILES string of the molecule is Cc1cn(CCNC(=O)c2cc(F)cc(-c3nc(CO)cs3)c2)nn1.O=CO. The van der Waals surface area contributed by atoms with Crippen molar-refractivity contribution >= 4 is 23.7 Å². The van der Waals surface area contributed by atoms with Crippen molar-refractivity contribution in [1.82, 2.24) is 25.3 Å². The van der Waals surface area contributed by atoms with Crippen molar-refractivity contribution in [3.05, 3.63) is 52.5 Å². The summed E-state index contributed by atoms with van der Waals surface area (Å²) in [5.41, 5.74) is 2.03. The molecule has 0 aliphatic rings. The lowest BCUT2D eigenvalue weighted by Crippen LogP contribution is -2.27. The van der Waals surface area contributed by atoms with Crippen LogP contribution < -0.4 is 5.32 Å². The summed E-state index contributed by atoms with van der Waals surface area (Å²) in [5, 5.41) is 28.7. The Bertz CT molecular complexity index is 943. The van der Waals surface area contributed by atoms with Gasteiger partial charge in [0.2, 0.25) is 0 Å². The number of carbonyl (C=O) groups excluding carboxylic acids is 1. The summed E-state index contributed by atoms with van der Waals surface area (Å²) in [6.45, 7) is 2.22. The molecule has 0 aliphatic heterocycles. The second kappa shape index (κ2) is 10.2. The van der Waals surface area contributed by atoms with E-state index in [9.17, 15) is 9.18 Å². The number of nitrogens with zero attached hydrogens (tertiary/aromatic N) is 4. The predicted octanol–water partition coefficient (Wildman–Crippen LogP) is 1.47. The van der Waals surface area contributed by atoms with Crippen molar-refractivity contribution in [1.29, 1.82) is 0 Å². The van der Waals surface area contributed by atoms with Gasteiger partial charge in [-0.2, -0.15) is 0 Å². The van der Waals surface area contributed by atoms with Crippen LogP contribution in [-0.2, 0) is 17.9 Å². The second-order valence-corrected chi connectivity index (χ2v) is 6.37. The van der Waals surface area contributed by atoms with Crippen LogP contribution in [0.1, 0.15) is 21.7 Å². The Morgan fingerprint density at radius 1 is 1.39 bits per heavy atom. The molecule has 0 aliphatic carbocycles. The summed E-state index contributed by atoms with van der Waals surface area (Å²) in [7, 11) is 0. The van der Waals surface area contributed by atoms with Gasteiger partial charge in [0.25, 0.3) is 12.4 Å². The van der Waals surface area contributed by atoms with Gasteiger partial charge in [-0.15, -0.1) is 16.4 Å². The predicted molar refractivity (Wildman–Crippen MR) is 99.2 cm³/mol. The molecule has 1 aromatic carbocycles. The Kier molecular flexibility index (Phi) is 7.72. The van der Waals surface area contributed by atoms with Crippen LogP contribution in [0, 0.1) is 12.7 Å². The molecule has 3 N–H and O–H groups in total. The molecule has 0 atom stereocenters. The lowest BCUT2D eigenvalue weighted by molar-refractivity contribution is -0.122. The van der Waals surface area contributed by atoms with E-state index >= 15 is 0 Å². The van der Waals surface area contributed by atoms with Gasteiger partial charge in [0.05, 0.1) is 24.5 Å². The lowest BCUT2D eigenvalue weighted by Gasteiger charge is -2.07. The van der Waals surface area contributed by atoms with Gasteiger partial charge in [0, 0.05) is 29.2 Å². The maximum atomic E-state index is 13.9. The maximum absolute atomic E-state index is 13.9. The van der Waals surface area contributed by atoms with Crippen LogP contribution in [0.25, 0.3) is 10.6 Å². The molecule has 0 unspecified atom stereocenters. The molecule has 0 saturated heterocycles. The zero-order valence-electron chi connectivity index (χ0n) is 14.9. The molecule has 9 nitrogen and oxygen atoms in total. The number of hydrogen-bond acceptors (Lipinski definition) is 7. The van der Waals surface area contributed by atoms with Crippen molar-refractivity contribution in [3.8, 4) is 10.6 Å². The number of aryl methyl sites for hydroxylation is 1. The normalized spacial score (nSPS) is 10.1. The third kappa shape index (κ3) is 5.93. The maximum Gasteiger partial charge on any atom is 0.290 e. The minimum atomic E-state index is -0.518. The number of aromatic nitrogens is 4. The first-order valence-electron chi connectivity index (χ1n) is 8.05. The molecule has 2 heterocycles. The Labute approximate surface area is 163 Å². The van der Waals surface area contributed by atoms with Gasteiger partial charge >= 0.3 is 0 Å². The highest BCUT2D eigenvalue weighted by Crippen LogP contribution is 2.25. The fraction of sp³-hybridized carbons (Fsp3) is 0.235. The van der Waals surface area contributed by atoms with Gasteiger partial charge in [-0.1, -0.05) is 5.21 Å². The molecule has 0 saturated carbocycles. The molecular weight excluding hydrogens is 389 g/mol. The van der Waals surface area contributed by atoms with E-state index in [-0.39, 0.29) is 24.5 Å². The van der Waals surface area contributed by atoms with Crippen molar-refractivity contribution < 1.29 is 24.2 Å². The highest BCUT2D eigenvalue weighted by molar-refractivity contribution is 7.13. The van der Waals surface area contributed by atoms with Crippen molar-refractivity contribution in [3.63, 3.8) is 0 Å². The molecule has 2 aromatic heterocycles. The number of carbonyl (C=O) groups is 2. The van der Waals surface area contributed by atoms with Gasteiger partial charge in [-0.3, -0.25) is 14.3 Å². The number of amides is 1. The molecule has 0 bridgehead atoms. The van der Waals surface area contributed by atoms with Crippen molar-refractivity contribution in [2.45, 2.75) is 20.1 Å². The number of hydrogen-bond donors (Lipinski definition) is 3. The molecule has 0 fully saturated rings. The fourth-order valence-electron chi connectivity index (χ4n) is 2.25. The van der Waals surface area contributed by atoms with E-state index in [4.69, 9.17) is 15.0 Å². The first-order chi connectivity index (χ1) is 13.5. The Morgan fingerprint density at radius 3 is 2.75 bits per heavy atom. The van der Waals surface area contributed by atoms with Gasteiger partial charge in [-0.05, 0) is 25.1 Å². The summed E-state index contributed by atoms with van der Waals surface area (Å²) in [6, 6.07) is 4.08. The monoisotopic (exact) mass is 407 g/mol. The summed E-state index contributed by atoms with van der Waals surface area (Å²) in [4.78, 5) is 24.8. The number of benzene rings is 1. The molecule has 0 radical (unpaired) electrons. The third-order valence-electron chi connectivity index (χ3n) is 3.40. The Hall–Kier alpha value is -3.18. The number of halogens is 1. The van der Waals surface area contributed by atoms with E-state index in [0.29, 0.717) is 29.4 Å². The topological polar surface area (TPSA) is 130 Å². The molecule has 3 rings (SSSR count). The van der Waals surface area contributed by atoms with Crippen molar-refractivity contribution in [2.75, 3.05) is 6.54 Å². The average Bonchev–Trinajstić information content (AvgIpc) is 3.31. The third-order valence-corrected chi connectivity index (χ3v) is 4.34. The summed E-state index contributed by atoms with van der Waals surface area (Å²) in [5.74, 6) is -0.896. The van der Waals surface area contributed by atoms with Gasteiger partial charge < -0.3 is 15.5 Å². The molecular formula is C17H18FN5O4S. The highest BCUT2D eigenvalue weighted by atomic mass is 32.1. The minimum Gasteiger partial charge on any atom is -0.483 e. The highest BCUT2D eigenvalue weighted by Gasteiger charge is 2.12. The molecule has 1 amide bonds. The molecule has 11 heteroatoms. The zero-order valence-corrected chi connectivity index (χ0v) is 15.7. The van der Waals surface area contributed by atoms with Crippen LogP contribution in [0.4, 0.5) is 4.39 Å². The molecule has 0 spiro atoms. The van der Waals surface area contributed by atoms with Crippen molar-refractivity contribution in [2.24, 2.45) is 0 Å². The van der Waals surface area contributed by atoms with E-state index < -0.39 is 5.82 Å². The number of nitrogens with one attached hydrogen (secondary N) is 1. The quantitative estimate of drug-likeness (QED) is 0.528. The standard InChI is InChI=1S/C16H16FN5O2S.CH2O2/c1-10-7-22(21-20-10)3-2-18-15(24)11-4-12(6-13(17)5-11)16-19-14(8-23)9-25-16;2-1-3/h4-7,9,23H,2-3,8H2,1H3,(H,18,24);1H,(H,2,3). The van der Waals surface area contributed by atoms with E-state index in [1.807, 2.05) is 6.92 Å². The summed E-state index contributed by atoms with van der Waals surface area (Å²) >= 11 is 1.29. The fourth-order valence-corrected chi connectivity index (χ4v) is 3.05. The first kappa shape index (κ1) is 21.1. The summed E-state index contributed by atoms with van der Waals surface area (Å²) < 4.78 is 15.5. The van der Waals surface area contributed by atoms with E-state index in [1.165, 1.54) is 23.5 Å². The van der Waals surface area contributed by atoms with E-state index in [1.54, 1.807) is 22.3 Å². The Morgan fingerprint density at radius 2 is 2.14 bits per heavy atom. The zero-order chi connectivity index (χ0) is 20.5. The van der Waals surface area contributed by atoms with Crippen LogP contribution in [0.3, 0.4) is 0 Å². The van der Waals surface area contributed by atoms with Crippen LogP contribution >= 0.6 is 11.3 Å². The largest absolute Gasteiger partial charge is 0.483 e. The first-order valence-corrected chi connectivity index (χ1v) is 8.93. The number of carboxylic acid groups (broad SMARTS) is 1. The Balaban J connectivity index is 0.000000878. The van der Waals surface area contributed by atoms with Gasteiger partial charge in [-0.25, -0.2) is 9.37 Å². The summed E-state index contributed by atoms with van der Waals surface area (Å²) in [6.07, 6.45) is 1.77. The van der Waals surface area contributed by atoms with Crippen LogP contribution in [-0.4, -0.2) is 49.1 Å². The molecule has 3 aromatic rings. The average molecular weight is 407 g/mol. The number of aliphatic hydroxyl groups excluding tert-OH is 1. The molecule has 148 valence electrons. The van der Waals surface area contributed by atoms with Crippen LogP contribution in [0.5, 0.6) is 0 Å². The lowest BCUT2D eigenvalue weighted by atomic mass is 10.1.